The van der Waals surface area contributed by atoms with Crippen LogP contribution in [0.3, 0.4) is 0 Å². The molecule has 0 saturated carbocycles. The molecule has 1 aromatic heterocycles. The van der Waals surface area contributed by atoms with Crippen LogP contribution in [0, 0.1) is 6.92 Å². The number of nitrogens with one attached hydrogen (secondary N) is 1. The van der Waals surface area contributed by atoms with E-state index >= 15 is 0 Å². The molecule has 0 bridgehead atoms. The van der Waals surface area contributed by atoms with E-state index in [9.17, 15) is 8.42 Å². The summed E-state index contributed by atoms with van der Waals surface area (Å²) in [5.41, 5.74) is 1.94. The number of rotatable bonds is 2. The first kappa shape index (κ1) is 10.4. The SMILES string of the molecule is Cc1ccc2c(NS(C)(=O)=O)snc2c1. The number of aryl methyl sites for hydroxylation is 1. The number of fused-ring (bicyclic) bond motifs is 1. The van der Waals surface area contributed by atoms with Crippen molar-refractivity contribution in [2.24, 2.45) is 0 Å². The van der Waals surface area contributed by atoms with Gasteiger partial charge in [-0.1, -0.05) is 6.07 Å². The summed E-state index contributed by atoms with van der Waals surface area (Å²) in [6.45, 7) is 1.97. The maximum atomic E-state index is 11.1. The van der Waals surface area contributed by atoms with Crippen LogP contribution in [0.4, 0.5) is 5.00 Å². The summed E-state index contributed by atoms with van der Waals surface area (Å²) >= 11 is 1.16. The van der Waals surface area contributed by atoms with E-state index in [0.29, 0.717) is 5.00 Å². The maximum absolute atomic E-state index is 11.1. The lowest BCUT2D eigenvalue weighted by Gasteiger charge is -1.99. The molecule has 0 fully saturated rings. The molecule has 0 radical (unpaired) electrons. The summed E-state index contributed by atoms with van der Waals surface area (Å²) in [7, 11) is -3.23. The average molecular weight is 242 g/mol. The fraction of sp³-hybridized carbons (Fsp3) is 0.222. The highest BCUT2D eigenvalue weighted by molar-refractivity contribution is 7.92. The Labute approximate surface area is 92.2 Å². The smallest absolute Gasteiger partial charge is 0.230 e. The number of sulfonamides is 1. The predicted molar refractivity (Wildman–Crippen MR) is 62.8 cm³/mol. The first-order valence-corrected chi connectivity index (χ1v) is 6.96. The van der Waals surface area contributed by atoms with Crippen molar-refractivity contribution in [3.63, 3.8) is 0 Å². The van der Waals surface area contributed by atoms with Gasteiger partial charge in [0.2, 0.25) is 10.0 Å². The van der Waals surface area contributed by atoms with E-state index in [1.54, 1.807) is 0 Å². The van der Waals surface area contributed by atoms with Crippen molar-refractivity contribution in [2.75, 3.05) is 11.0 Å². The van der Waals surface area contributed by atoms with Gasteiger partial charge in [-0.15, -0.1) is 0 Å². The fourth-order valence-electron chi connectivity index (χ4n) is 1.30. The highest BCUT2D eigenvalue weighted by atomic mass is 32.2. The zero-order valence-corrected chi connectivity index (χ0v) is 9.95. The van der Waals surface area contributed by atoms with Crippen molar-refractivity contribution in [3.8, 4) is 0 Å². The Balaban J connectivity index is 2.55. The summed E-state index contributed by atoms with van der Waals surface area (Å²) in [6.07, 6.45) is 1.13. The van der Waals surface area contributed by atoms with E-state index in [0.717, 1.165) is 34.3 Å². The Morgan fingerprint density at radius 2 is 2.13 bits per heavy atom. The molecule has 0 aliphatic rings. The molecule has 4 nitrogen and oxygen atoms in total. The monoisotopic (exact) mass is 242 g/mol. The third-order valence-electron chi connectivity index (χ3n) is 1.91. The second-order valence-electron chi connectivity index (χ2n) is 3.41. The van der Waals surface area contributed by atoms with Crippen LogP contribution in [0.1, 0.15) is 5.56 Å². The summed E-state index contributed by atoms with van der Waals surface area (Å²) in [6, 6.07) is 5.74. The highest BCUT2D eigenvalue weighted by Crippen LogP contribution is 2.28. The van der Waals surface area contributed by atoms with Crippen LogP contribution in [0.2, 0.25) is 0 Å². The van der Waals surface area contributed by atoms with Crippen LogP contribution in [0.15, 0.2) is 18.2 Å². The Bertz CT molecular complexity index is 602. The van der Waals surface area contributed by atoms with Crippen LogP contribution < -0.4 is 4.72 Å². The molecular weight excluding hydrogens is 232 g/mol. The summed E-state index contributed by atoms with van der Waals surface area (Å²) in [5, 5.41) is 1.42. The van der Waals surface area contributed by atoms with Gasteiger partial charge in [-0.25, -0.2) is 8.42 Å². The molecule has 2 aromatic rings. The van der Waals surface area contributed by atoms with Crippen LogP contribution in [-0.2, 0) is 10.0 Å². The van der Waals surface area contributed by atoms with E-state index in [4.69, 9.17) is 0 Å². The van der Waals surface area contributed by atoms with Crippen molar-refractivity contribution in [1.82, 2.24) is 4.37 Å². The van der Waals surface area contributed by atoms with Crippen molar-refractivity contribution >= 4 is 37.5 Å². The van der Waals surface area contributed by atoms with E-state index in [2.05, 4.69) is 9.10 Å². The fourth-order valence-corrected chi connectivity index (χ4v) is 2.96. The molecule has 0 amide bonds. The standard InChI is InChI=1S/C9H10N2O2S2/c1-6-3-4-7-8(5-6)10-14-9(7)11-15(2,12)13/h3-5,11H,1-2H3. The number of hydrogen-bond acceptors (Lipinski definition) is 4. The largest absolute Gasteiger partial charge is 0.273 e. The first-order valence-electron chi connectivity index (χ1n) is 4.29. The van der Waals surface area contributed by atoms with E-state index in [-0.39, 0.29) is 0 Å². The second-order valence-corrected chi connectivity index (χ2v) is 5.93. The molecular formula is C9H10N2O2S2. The van der Waals surface area contributed by atoms with Gasteiger partial charge in [-0.05, 0) is 36.2 Å². The van der Waals surface area contributed by atoms with Crippen molar-refractivity contribution in [2.45, 2.75) is 6.92 Å². The topological polar surface area (TPSA) is 59.1 Å². The van der Waals surface area contributed by atoms with Crippen molar-refractivity contribution < 1.29 is 8.42 Å². The van der Waals surface area contributed by atoms with Gasteiger partial charge in [-0.3, -0.25) is 4.72 Å². The summed E-state index contributed by atoms with van der Waals surface area (Å²) < 4.78 is 28.8. The Morgan fingerprint density at radius 3 is 2.80 bits per heavy atom. The van der Waals surface area contributed by atoms with Crippen LogP contribution >= 0.6 is 11.5 Å². The molecule has 1 N–H and O–H groups in total. The van der Waals surface area contributed by atoms with Gasteiger partial charge in [0, 0.05) is 5.39 Å². The zero-order valence-electron chi connectivity index (χ0n) is 8.31. The van der Waals surface area contributed by atoms with Crippen molar-refractivity contribution in [1.29, 1.82) is 0 Å². The third kappa shape index (κ3) is 2.27. The lowest BCUT2D eigenvalue weighted by atomic mass is 10.2. The number of anilines is 1. The van der Waals surface area contributed by atoms with Crippen molar-refractivity contribution in [3.05, 3.63) is 23.8 Å². The molecule has 0 aliphatic carbocycles. The minimum absolute atomic E-state index is 0.576. The quantitative estimate of drug-likeness (QED) is 0.876. The van der Waals surface area contributed by atoms with Crippen LogP contribution in [0.5, 0.6) is 0 Å². The van der Waals surface area contributed by atoms with Gasteiger partial charge in [-0.2, -0.15) is 4.37 Å². The third-order valence-corrected chi connectivity index (χ3v) is 3.41. The van der Waals surface area contributed by atoms with Crippen LogP contribution in [-0.4, -0.2) is 19.0 Å². The van der Waals surface area contributed by atoms with Gasteiger partial charge in [0.05, 0.1) is 11.8 Å². The molecule has 1 aromatic carbocycles. The molecule has 80 valence electrons. The molecule has 0 atom stereocenters. The minimum atomic E-state index is -3.23. The lowest BCUT2D eigenvalue weighted by Crippen LogP contribution is -2.08. The Hall–Kier alpha value is -1.14. The van der Waals surface area contributed by atoms with E-state index in [1.165, 1.54) is 0 Å². The number of benzene rings is 1. The molecule has 0 aliphatic heterocycles. The number of aromatic nitrogens is 1. The van der Waals surface area contributed by atoms with Gasteiger partial charge in [0.1, 0.15) is 5.00 Å². The van der Waals surface area contributed by atoms with Gasteiger partial charge in [0.25, 0.3) is 0 Å². The summed E-state index contributed by atoms with van der Waals surface area (Å²) in [4.78, 5) is 0. The molecule has 15 heavy (non-hydrogen) atoms. The maximum Gasteiger partial charge on any atom is 0.230 e. The minimum Gasteiger partial charge on any atom is -0.273 e. The highest BCUT2D eigenvalue weighted by Gasteiger charge is 2.09. The zero-order chi connectivity index (χ0) is 11.1. The molecule has 0 spiro atoms. The molecule has 2 rings (SSSR count). The lowest BCUT2D eigenvalue weighted by molar-refractivity contribution is 0.607. The Morgan fingerprint density at radius 1 is 1.40 bits per heavy atom. The number of hydrogen-bond donors (Lipinski definition) is 1. The van der Waals surface area contributed by atoms with Crippen LogP contribution in [0.25, 0.3) is 10.9 Å². The summed E-state index contributed by atoms with van der Waals surface area (Å²) in [5.74, 6) is 0. The normalized spacial score (nSPS) is 11.9. The molecule has 1 heterocycles. The molecule has 0 saturated heterocycles. The predicted octanol–water partition coefficient (Wildman–Crippen LogP) is 1.98. The molecule has 0 unspecified atom stereocenters. The average Bonchev–Trinajstić information content (AvgIpc) is 2.45. The van der Waals surface area contributed by atoms with E-state index in [1.807, 2.05) is 25.1 Å². The second kappa shape index (κ2) is 3.46. The van der Waals surface area contributed by atoms with Gasteiger partial charge in [0.15, 0.2) is 0 Å². The van der Waals surface area contributed by atoms with E-state index < -0.39 is 10.0 Å². The Kier molecular flexibility index (Phi) is 2.40. The molecule has 6 heteroatoms. The van der Waals surface area contributed by atoms with Gasteiger partial charge >= 0.3 is 0 Å². The number of nitrogens with zero attached hydrogens (tertiary/aromatic N) is 1. The van der Waals surface area contributed by atoms with Gasteiger partial charge < -0.3 is 0 Å². The first-order chi connectivity index (χ1) is 6.96.